The van der Waals surface area contributed by atoms with Crippen LogP contribution in [0.1, 0.15) is 21.5 Å². The first-order chi connectivity index (χ1) is 10.5. The summed E-state index contributed by atoms with van der Waals surface area (Å²) >= 11 is 0. The van der Waals surface area contributed by atoms with Crippen molar-refractivity contribution in [2.45, 2.75) is 6.92 Å². The second-order valence-electron chi connectivity index (χ2n) is 4.69. The first-order valence-corrected chi connectivity index (χ1v) is 6.65. The topological polar surface area (TPSA) is 58.2 Å². The standard InChI is InChI=1S/C17H15FN2O2/c1-12-2-7-14(8-3-12)17(22)20-19-16(21)11-6-13-4-9-15(18)10-5-13/h2-11H,1H3,(H,19,21)(H,20,22)/b11-6+. The van der Waals surface area contributed by atoms with Crippen molar-refractivity contribution in [2.75, 3.05) is 0 Å². The van der Waals surface area contributed by atoms with Crippen LogP contribution in [0.5, 0.6) is 0 Å². The van der Waals surface area contributed by atoms with E-state index in [1.54, 1.807) is 24.3 Å². The average molecular weight is 298 g/mol. The third kappa shape index (κ3) is 4.56. The zero-order valence-corrected chi connectivity index (χ0v) is 12.0. The Morgan fingerprint density at radius 2 is 1.59 bits per heavy atom. The molecule has 0 spiro atoms. The Labute approximate surface area is 127 Å². The number of carbonyl (C=O) groups is 2. The second-order valence-corrected chi connectivity index (χ2v) is 4.69. The summed E-state index contributed by atoms with van der Waals surface area (Å²) in [6, 6.07) is 12.7. The number of hydrogen-bond acceptors (Lipinski definition) is 2. The minimum absolute atomic E-state index is 0.341. The van der Waals surface area contributed by atoms with E-state index in [0.29, 0.717) is 11.1 Å². The van der Waals surface area contributed by atoms with Crippen molar-refractivity contribution in [1.29, 1.82) is 0 Å². The van der Waals surface area contributed by atoms with Crippen LogP contribution in [0, 0.1) is 12.7 Å². The molecule has 0 aliphatic heterocycles. The van der Waals surface area contributed by atoms with E-state index in [1.807, 2.05) is 19.1 Å². The van der Waals surface area contributed by atoms with E-state index >= 15 is 0 Å². The Morgan fingerprint density at radius 3 is 2.23 bits per heavy atom. The molecule has 0 saturated heterocycles. The molecule has 0 radical (unpaired) electrons. The van der Waals surface area contributed by atoms with E-state index in [4.69, 9.17) is 0 Å². The lowest BCUT2D eigenvalue weighted by molar-refractivity contribution is -0.117. The number of benzene rings is 2. The van der Waals surface area contributed by atoms with Crippen LogP contribution < -0.4 is 10.9 Å². The fourth-order valence-corrected chi connectivity index (χ4v) is 1.68. The van der Waals surface area contributed by atoms with E-state index in [1.165, 1.54) is 24.3 Å². The molecule has 0 bridgehead atoms. The molecule has 4 nitrogen and oxygen atoms in total. The van der Waals surface area contributed by atoms with Gasteiger partial charge in [-0.1, -0.05) is 29.8 Å². The van der Waals surface area contributed by atoms with Crippen molar-refractivity contribution in [1.82, 2.24) is 10.9 Å². The van der Waals surface area contributed by atoms with Crippen molar-refractivity contribution in [3.8, 4) is 0 Å². The number of amides is 2. The molecule has 0 aromatic heterocycles. The minimum Gasteiger partial charge on any atom is -0.268 e. The number of carbonyl (C=O) groups excluding carboxylic acids is 2. The Balaban J connectivity index is 1.86. The van der Waals surface area contributed by atoms with Gasteiger partial charge in [-0.2, -0.15) is 0 Å². The summed E-state index contributed by atoms with van der Waals surface area (Å²) in [7, 11) is 0. The van der Waals surface area contributed by atoms with E-state index in [-0.39, 0.29) is 5.82 Å². The number of hydrogen-bond donors (Lipinski definition) is 2. The van der Waals surface area contributed by atoms with Crippen LogP contribution in [0.25, 0.3) is 6.08 Å². The van der Waals surface area contributed by atoms with Crippen LogP contribution in [-0.4, -0.2) is 11.8 Å². The monoisotopic (exact) mass is 298 g/mol. The van der Waals surface area contributed by atoms with Crippen LogP contribution in [0.2, 0.25) is 0 Å². The third-order valence-corrected chi connectivity index (χ3v) is 2.91. The van der Waals surface area contributed by atoms with Gasteiger partial charge in [-0.15, -0.1) is 0 Å². The van der Waals surface area contributed by atoms with E-state index in [0.717, 1.165) is 5.56 Å². The van der Waals surface area contributed by atoms with Gasteiger partial charge in [0.1, 0.15) is 5.82 Å². The predicted molar refractivity (Wildman–Crippen MR) is 82.2 cm³/mol. The highest BCUT2D eigenvalue weighted by molar-refractivity contribution is 5.97. The third-order valence-electron chi connectivity index (χ3n) is 2.91. The van der Waals surface area contributed by atoms with Gasteiger partial charge in [0.2, 0.25) is 0 Å². The van der Waals surface area contributed by atoms with Crippen molar-refractivity contribution in [3.63, 3.8) is 0 Å². The summed E-state index contributed by atoms with van der Waals surface area (Å²) in [5.74, 6) is -1.22. The molecule has 0 atom stereocenters. The molecule has 2 amide bonds. The largest absolute Gasteiger partial charge is 0.269 e. The Morgan fingerprint density at radius 1 is 0.955 bits per heavy atom. The fourth-order valence-electron chi connectivity index (χ4n) is 1.68. The van der Waals surface area contributed by atoms with E-state index in [9.17, 15) is 14.0 Å². The molecule has 0 aliphatic rings. The predicted octanol–water partition coefficient (Wildman–Crippen LogP) is 2.61. The maximum Gasteiger partial charge on any atom is 0.269 e. The van der Waals surface area contributed by atoms with E-state index in [2.05, 4.69) is 10.9 Å². The quantitative estimate of drug-likeness (QED) is 0.676. The zero-order chi connectivity index (χ0) is 15.9. The first kappa shape index (κ1) is 15.4. The van der Waals surface area contributed by atoms with Crippen molar-refractivity contribution in [3.05, 3.63) is 77.1 Å². The summed E-state index contributed by atoms with van der Waals surface area (Å²) < 4.78 is 12.7. The molecular formula is C17H15FN2O2. The number of aryl methyl sites for hydroxylation is 1. The fraction of sp³-hybridized carbons (Fsp3) is 0.0588. The van der Waals surface area contributed by atoms with Gasteiger partial charge in [0.25, 0.3) is 11.8 Å². The number of halogens is 1. The van der Waals surface area contributed by atoms with E-state index < -0.39 is 11.8 Å². The average Bonchev–Trinajstić information content (AvgIpc) is 2.52. The molecule has 2 aromatic carbocycles. The lowest BCUT2D eigenvalue weighted by atomic mass is 10.1. The first-order valence-electron chi connectivity index (χ1n) is 6.65. The Bertz CT molecular complexity index is 692. The zero-order valence-electron chi connectivity index (χ0n) is 12.0. The van der Waals surface area contributed by atoms with Gasteiger partial charge in [0, 0.05) is 11.6 Å². The van der Waals surface area contributed by atoms with Crippen molar-refractivity contribution < 1.29 is 14.0 Å². The van der Waals surface area contributed by atoms with Crippen LogP contribution in [-0.2, 0) is 4.79 Å². The molecule has 0 saturated carbocycles. The summed E-state index contributed by atoms with van der Waals surface area (Å²) in [5.41, 5.74) is 6.77. The van der Waals surface area contributed by atoms with Crippen LogP contribution in [0.3, 0.4) is 0 Å². The molecule has 2 N–H and O–H groups in total. The summed E-state index contributed by atoms with van der Waals surface area (Å²) in [6.45, 7) is 1.92. The van der Waals surface area contributed by atoms with Gasteiger partial charge >= 0.3 is 0 Å². The molecule has 2 aromatic rings. The summed E-state index contributed by atoms with van der Waals surface area (Å²) in [4.78, 5) is 23.4. The SMILES string of the molecule is Cc1ccc(C(=O)NNC(=O)/C=C/c2ccc(F)cc2)cc1. The van der Waals surface area contributed by atoms with Gasteiger partial charge < -0.3 is 0 Å². The highest BCUT2D eigenvalue weighted by Crippen LogP contribution is 2.04. The maximum absolute atomic E-state index is 12.7. The molecule has 0 fully saturated rings. The molecule has 0 unspecified atom stereocenters. The lowest BCUT2D eigenvalue weighted by Gasteiger charge is -2.05. The van der Waals surface area contributed by atoms with Crippen LogP contribution in [0.15, 0.2) is 54.6 Å². The van der Waals surface area contributed by atoms with Gasteiger partial charge in [0.05, 0.1) is 0 Å². The highest BCUT2D eigenvalue weighted by atomic mass is 19.1. The normalized spacial score (nSPS) is 10.5. The molecule has 112 valence electrons. The molecular weight excluding hydrogens is 283 g/mol. The second kappa shape index (κ2) is 7.17. The molecule has 2 rings (SSSR count). The van der Waals surface area contributed by atoms with Gasteiger partial charge in [-0.05, 0) is 42.8 Å². The van der Waals surface area contributed by atoms with Crippen molar-refractivity contribution >= 4 is 17.9 Å². The van der Waals surface area contributed by atoms with Gasteiger partial charge in [0.15, 0.2) is 0 Å². The summed E-state index contributed by atoms with van der Waals surface area (Å²) in [6.07, 6.45) is 2.77. The van der Waals surface area contributed by atoms with Crippen LogP contribution in [0.4, 0.5) is 4.39 Å². The van der Waals surface area contributed by atoms with Gasteiger partial charge in [-0.25, -0.2) is 4.39 Å². The van der Waals surface area contributed by atoms with Crippen molar-refractivity contribution in [2.24, 2.45) is 0 Å². The highest BCUT2D eigenvalue weighted by Gasteiger charge is 2.05. The Kier molecular flexibility index (Phi) is 5.03. The maximum atomic E-state index is 12.7. The number of hydrazine groups is 1. The number of rotatable bonds is 3. The molecule has 5 heteroatoms. The molecule has 0 aliphatic carbocycles. The molecule has 22 heavy (non-hydrogen) atoms. The minimum atomic E-state index is -0.482. The lowest BCUT2D eigenvalue weighted by Crippen LogP contribution is -2.40. The van der Waals surface area contributed by atoms with Gasteiger partial charge in [-0.3, -0.25) is 20.4 Å². The van der Waals surface area contributed by atoms with Crippen LogP contribution >= 0.6 is 0 Å². The Hall–Kier alpha value is -2.95. The summed E-state index contributed by atoms with van der Waals surface area (Å²) in [5, 5.41) is 0. The number of nitrogens with one attached hydrogen (secondary N) is 2. The molecule has 0 heterocycles. The smallest absolute Gasteiger partial charge is 0.268 e.